The van der Waals surface area contributed by atoms with Crippen molar-refractivity contribution in [2.24, 2.45) is 5.41 Å². The number of hydrogen-bond donors (Lipinski definition) is 1. The van der Waals surface area contributed by atoms with Gasteiger partial charge in [0, 0.05) is 13.1 Å². The zero-order valence-corrected chi connectivity index (χ0v) is 12.2. The monoisotopic (exact) mass is 286 g/mol. The number of benzene rings is 1. The van der Waals surface area contributed by atoms with Gasteiger partial charge in [-0.05, 0) is 36.5 Å². The Hall–Kier alpha value is -1.14. The molecule has 1 heterocycles. The first-order chi connectivity index (χ1) is 8.63. The van der Waals surface area contributed by atoms with Crippen molar-refractivity contribution < 1.29 is 12.8 Å². The Balaban J connectivity index is 2.44. The summed E-state index contributed by atoms with van der Waals surface area (Å²) in [6.07, 6.45) is 0.821. The lowest BCUT2D eigenvalue weighted by atomic mass is 9.93. The number of nitrogens with zero attached hydrogens (tertiary/aromatic N) is 1. The molecule has 1 saturated heterocycles. The summed E-state index contributed by atoms with van der Waals surface area (Å²) in [4.78, 5) is 0.101. The Morgan fingerprint density at radius 3 is 2.53 bits per heavy atom. The van der Waals surface area contributed by atoms with Gasteiger partial charge in [0.05, 0.1) is 10.6 Å². The second kappa shape index (κ2) is 4.45. The minimum Gasteiger partial charge on any atom is -0.396 e. The minimum absolute atomic E-state index is 0.0213. The fourth-order valence-corrected chi connectivity index (χ4v) is 4.22. The summed E-state index contributed by atoms with van der Waals surface area (Å²) in [5, 5.41) is 0. The van der Waals surface area contributed by atoms with E-state index in [2.05, 4.69) is 0 Å². The number of anilines is 1. The van der Waals surface area contributed by atoms with Crippen molar-refractivity contribution in [1.29, 1.82) is 0 Å². The quantitative estimate of drug-likeness (QED) is 0.847. The normalized spacial score (nSPS) is 19.8. The lowest BCUT2D eigenvalue weighted by Gasteiger charge is -2.21. The van der Waals surface area contributed by atoms with E-state index in [9.17, 15) is 12.8 Å². The molecule has 0 amide bonds. The molecule has 1 fully saturated rings. The average Bonchev–Trinajstić information content (AvgIpc) is 2.64. The summed E-state index contributed by atoms with van der Waals surface area (Å²) >= 11 is 0. The van der Waals surface area contributed by atoms with Gasteiger partial charge in [-0.3, -0.25) is 0 Å². The van der Waals surface area contributed by atoms with Crippen LogP contribution < -0.4 is 5.73 Å². The fourth-order valence-electron chi connectivity index (χ4n) is 2.35. The van der Waals surface area contributed by atoms with Crippen LogP contribution in [0.1, 0.15) is 25.8 Å². The predicted molar refractivity (Wildman–Crippen MR) is 72.7 cm³/mol. The first-order valence-corrected chi connectivity index (χ1v) is 7.63. The number of halogens is 1. The van der Waals surface area contributed by atoms with Crippen LogP contribution in [-0.2, 0) is 10.0 Å². The molecule has 19 heavy (non-hydrogen) atoms. The zero-order chi connectivity index (χ0) is 14.4. The van der Waals surface area contributed by atoms with Gasteiger partial charge in [0.1, 0.15) is 5.82 Å². The highest BCUT2D eigenvalue weighted by Crippen LogP contribution is 2.34. The molecule has 106 valence electrons. The topological polar surface area (TPSA) is 63.4 Å². The van der Waals surface area contributed by atoms with Crippen LogP contribution in [0.5, 0.6) is 0 Å². The maximum absolute atomic E-state index is 13.3. The first kappa shape index (κ1) is 14.3. The Kier molecular flexibility index (Phi) is 3.35. The van der Waals surface area contributed by atoms with Crippen molar-refractivity contribution in [2.75, 3.05) is 18.8 Å². The number of hydrogen-bond acceptors (Lipinski definition) is 3. The molecule has 1 aliphatic rings. The average molecular weight is 286 g/mol. The maximum Gasteiger partial charge on any atom is 0.243 e. The molecule has 1 aromatic carbocycles. The third-order valence-corrected chi connectivity index (χ3v) is 5.54. The van der Waals surface area contributed by atoms with Crippen molar-refractivity contribution >= 4 is 15.7 Å². The van der Waals surface area contributed by atoms with E-state index < -0.39 is 15.8 Å². The van der Waals surface area contributed by atoms with Gasteiger partial charge in [-0.1, -0.05) is 13.8 Å². The Morgan fingerprint density at radius 2 is 2.00 bits per heavy atom. The van der Waals surface area contributed by atoms with Crippen LogP contribution in [0.15, 0.2) is 17.0 Å². The molecule has 2 N–H and O–H groups in total. The van der Waals surface area contributed by atoms with Gasteiger partial charge in [-0.2, -0.15) is 4.31 Å². The number of nitrogens with two attached hydrogens (primary N) is 1. The van der Waals surface area contributed by atoms with Crippen molar-refractivity contribution in [1.82, 2.24) is 4.31 Å². The van der Waals surface area contributed by atoms with Gasteiger partial charge in [0.2, 0.25) is 10.0 Å². The number of nitrogen functional groups attached to an aromatic ring is 1. The van der Waals surface area contributed by atoms with E-state index in [1.807, 2.05) is 13.8 Å². The van der Waals surface area contributed by atoms with Gasteiger partial charge in [-0.25, -0.2) is 12.8 Å². The van der Waals surface area contributed by atoms with Gasteiger partial charge < -0.3 is 5.73 Å². The van der Waals surface area contributed by atoms with Crippen molar-refractivity contribution in [3.8, 4) is 0 Å². The van der Waals surface area contributed by atoms with E-state index in [4.69, 9.17) is 5.73 Å². The molecule has 0 radical (unpaired) electrons. The van der Waals surface area contributed by atoms with Crippen LogP contribution in [0, 0.1) is 18.2 Å². The molecule has 1 aliphatic heterocycles. The van der Waals surface area contributed by atoms with Crippen LogP contribution in [0.3, 0.4) is 0 Å². The molecule has 2 rings (SSSR count). The lowest BCUT2D eigenvalue weighted by Crippen LogP contribution is -2.31. The number of rotatable bonds is 2. The Labute approximate surface area is 113 Å². The van der Waals surface area contributed by atoms with Gasteiger partial charge in [0.25, 0.3) is 0 Å². The molecular formula is C13H19FN2O2S. The summed E-state index contributed by atoms with van der Waals surface area (Å²) in [6, 6.07) is 2.38. The summed E-state index contributed by atoms with van der Waals surface area (Å²) in [7, 11) is -3.59. The predicted octanol–water partition coefficient (Wildman–Crippen LogP) is 2.14. The third kappa shape index (κ3) is 2.60. The largest absolute Gasteiger partial charge is 0.396 e. The van der Waals surface area contributed by atoms with Crippen LogP contribution in [0.4, 0.5) is 10.1 Å². The molecule has 4 nitrogen and oxygen atoms in total. The molecule has 1 aromatic rings. The second-order valence-corrected chi connectivity index (χ2v) is 7.80. The van der Waals surface area contributed by atoms with Gasteiger partial charge in [0.15, 0.2) is 0 Å². The van der Waals surface area contributed by atoms with Crippen LogP contribution in [0.2, 0.25) is 0 Å². The molecule has 6 heteroatoms. The molecule has 0 spiro atoms. The Bertz CT molecular complexity index is 611. The summed E-state index contributed by atoms with van der Waals surface area (Å²) < 4.78 is 39.9. The van der Waals surface area contributed by atoms with E-state index >= 15 is 0 Å². The molecular weight excluding hydrogens is 267 g/mol. The SMILES string of the molecule is Cc1cc(F)c(N)cc1S(=O)(=O)N1CCC(C)(C)C1. The van der Waals surface area contributed by atoms with E-state index in [-0.39, 0.29) is 16.0 Å². The highest BCUT2D eigenvalue weighted by atomic mass is 32.2. The molecule has 0 unspecified atom stereocenters. The van der Waals surface area contributed by atoms with E-state index in [0.29, 0.717) is 18.7 Å². The van der Waals surface area contributed by atoms with Crippen LogP contribution >= 0.6 is 0 Å². The number of sulfonamides is 1. The summed E-state index contributed by atoms with van der Waals surface area (Å²) in [5.74, 6) is -0.585. The third-order valence-electron chi connectivity index (χ3n) is 3.55. The highest BCUT2D eigenvalue weighted by molar-refractivity contribution is 7.89. The molecule has 0 atom stereocenters. The number of aryl methyl sites for hydroxylation is 1. The molecule has 0 aliphatic carbocycles. The van der Waals surface area contributed by atoms with Gasteiger partial charge >= 0.3 is 0 Å². The molecule has 0 aromatic heterocycles. The van der Waals surface area contributed by atoms with Crippen molar-refractivity contribution in [2.45, 2.75) is 32.1 Å². The molecule has 0 bridgehead atoms. The second-order valence-electron chi connectivity index (χ2n) is 5.89. The van der Waals surface area contributed by atoms with Crippen LogP contribution in [-0.4, -0.2) is 25.8 Å². The van der Waals surface area contributed by atoms with E-state index in [1.54, 1.807) is 6.92 Å². The first-order valence-electron chi connectivity index (χ1n) is 6.19. The highest BCUT2D eigenvalue weighted by Gasteiger charge is 2.37. The summed E-state index contributed by atoms with van der Waals surface area (Å²) in [6.45, 7) is 6.62. The fraction of sp³-hybridized carbons (Fsp3) is 0.538. The van der Waals surface area contributed by atoms with Crippen molar-refractivity contribution in [3.63, 3.8) is 0 Å². The van der Waals surface area contributed by atoms with E-state index in [0.717, 1.165) is 6.42 Å². The maximum atomic E-state index is 13.3. The van der Waals surface area contributed by atoms with Crippen LogP contribution in [0.25, 0.3) is 0 Å². The van der Waals surface area contributed by atoms with Gasteiger partial charge in [-0.15, -0.1) is 0 Å². The lowest BCUT2D eigenvalue weighted by molar-refractivity contribution is 0.375. The van der Waals surface area contributed by atoms with E-state index in [1.165, 1.54) is 16.4 Å². The standard InChI is InChI=1S/C13H19FN2O2S/c1-9-6-10(14)11(15)7-12(9)19(17,18)16-5-4-13(2,3)8-16/h6-7H,4-5,8,15H2,1-3H3. The Morgan fingerprint density at radius 1 is 1.37 bits per heavy atom. The zero-order valence-electron chi connectivity index (χ0n) is 11.4. The molecule has 0 saturated carbocycles. The minimum atomic E-state index is -3.59. The van der Waals surface area contributed by atoms with Crippen molar-refractivity contribution in [3.05, 3.63) is 23.5 Å². The summed E-state index contributed by atoms with van der Waals surface area (Å²) in [5.41, 5.74) is 5.71. The smallest absolute Gasteiger partial charge is 0.243 e.